The lowest BCUT2D eigenvalue weighted by Gasteiger charge is -2.22. The van der Waals surface area contributed by atoms with Gasteiger partial charge < -0.3 is 9.84 Å². The van der Waals surface area contributed by atoms with Crippen molar-refractivity contribution < 1.29 is 23.1 Å². The highest BCUT2D eigenvalue weighted by Gasteiger charge is 2.24. The molecule has 0 radical (unpaired) electrons. The van der Waals surface area contributed by atoms with Crippen LogP contribution in [-0.2, 0) is 19.7 Å². The van der Waals surface area contributed by atoms with Crippen LogP contribution < -0.4 is 4.72 Å². The zero-order valence-electron chi connectivity index (χ0n) is 11.2. The maximum Gasteiger partial charge on any atom is 0.306 e. The van der Waals surface area contributed by atoms with Crippen molar-refractivity contribution in [2.24, 2.45) is 0 Å². The van der Waals surface area contributed by atoms with Gasteiger partial charge >= 0.3 is 5.97 Å². The molecule has 0 aromatic heterocycles. The van der Waals surface area contributed by atoms with Crippen LogP contribution in [0.3, 0.4) is 0 Å². The number of carbonyl (C=O) groups is 1. The number of hydrogen-bond acceptors (Lipinski definition) is 4. The highest BCUT2D eigenvalue weighted by atomic mass is 32.2. The molecule has 1 saturated heterocycles. The highest BCUT2D eigenvalue weighted by molar-refractivity contribution is 7.87. The second-order valence-corrected chi connectivity index (χ2v) is 6.38. The summed E-state index contributed by atoms with van der Waals surface area (Å²) in [5.74, 6) is -1.01. The Labute approximate surface area is 114 Å². The number of nitrogens with zero attached hydrogens (tertiary/aromatic N) is 1. The molecule has 1 aliphatic heterocycles. The molecule has 0 aliphatic carbocycles. The minimum absolute atomic E-state index is 0.0262. The summed E-state index contributed by atoms with van der Waals surface area (Å²) >= 11 is 0. The number of hydrogen-bond donors (Lipinski definition) is 2. The number of ether oxygens (including phenoxy) is 1. The molecule has 0 amide bonds. The van der Waals surface area contributed by atoms with E-state index in [1.54, 1.807) is 0 Å². The molecular weight excluding hydrogens is 272 g/mol. The van der Waals surface area contributed by atoms with Gasteiger partial charge in [-0.25, -0.2) is 0 Å². The molecule has 1 fully saturated rings. The van der Waals surface area contributed by atoms with E-state index in [2.05, 4.69) is 4.72 Å². The fourth-order valence-corrected chi connectivity index (χ4v) is 3.32. The molecule has 19 heavy (non-hydrogen) atoms. The quantitative estimate of drug-likeness (QED) is 0.698. The molecule has 0 bridgehead atoms. The van der Waals surface area contributed by atoms with Gasteiger partial charge in [-0.05, 0) is 12.8 Å². The highest BCUT2D eigenvalue weighted by Crippen LogP contribution is 2.12. The molecule has 8 heteroatoms. The van der Waals surface area contributed by atoms with E-state index in [0.717, 1.165) is 25.7 Å². The van der Waals surface area contributed by atoms with Crippen molar-refractivity contribution in [1.82, 2.24) is 9.03 Å². The van der Waals surface area contributed by atoms with Gasteiger partial charge in [-0.15, -0.1) is 0 Å². The Morgan fingerprint density at radius 2 is 1.89 bits per heavy atom. The van der Waals surface area contributed by atoms with Crippen LogP contribution in [0.1, 0.15) is 32.1 Å². The van der Waals surface area contributed by atoms with E-state index >= 15 is 0 Å². The fourth-order valence-electron chi connectivity index (χ4n) is 2.01. The van der Waals surface area contributed by atoms with Crippen LogP contribution in [0.25, 0.3) is 0 Å². The van der Waals surface area contributed by atoms with Crippen LogP contribution in [0.2, 0.25) is 0 Å². The van der Waals surface area contributed by atoms with Crippen molar-refractivity contribution in [3.05, 3.63) is 0 Å². The third-order valence-electron chi connectivity index (χ3n) is 3.13. The van der Waals surface area contributed by atoms with Crippen molar-refractivity contribution in [1.29, 1.82) is 0 Å². The lowest BCUT2D eigenvalue weighted by molar-refractivity contribution is -0.139. The Bertz CT molecular complexity index is 377. The molecule has 1 rings (SSSR count). The monoisotopic (exact) mass is 294 g/mol. The van der Waals surface area contributed by atoms with Gasteiger partial charge in [0.1, 0.15) is 0 Å². The summed E-state index contributed by atoms with van der Waals surface area (Å²) in [6.45, 7) is 1.01. The molecule has 1 heterocycles. The summed E-state index contributed by atoms with van der Waals surface area (Å²) < 4.78 is 32.9. The van der Waals surface area contributed by atoms with Gasteiger partial charge in [0, 0.05) is 26.7 Å². The van der Waals surface area contributed by atoms with Crippen LogP contribution in [0.5, 0.6) is 0 Å². The summed E-state index contributed by atoms with van der Waals surface area (Å²) in [6.07, 6.45) is 2.95. The van der Waals surface area contributed by atoms with Gasteiger partial charge in [0.05, 0.1) is 12.5 Å². The SMILES string of the molecule is COC(CNS(=O)(=O)N1CCCCCC1)CC(=O)O. The van der Waals surface area contributed by atoms with E-state index in [9.17, 15) is 13.2 Å². The predicted molar refractivity (Wildman–Crippen MR) is 70.0 cm³/mol. The maximum absolute atomic E-state index is 12.1. The van der Waals surface area contributed by atoms with Gasteiger partial charge in [-0.2, -0.15) is 17.4 Å². The minimum atomic E-state index is -3.54. The standard InChI is InChI=1S/C11H22N2O5S/c1-18-10(8-11(14)15)9-12-19(16,17)13-6-4-2-3-5-7-13/h10,12H,2-9H2,1H3,(H,14,15). The number of aliphatic carboxylic acids is 1. The smallest absolute Gasteiger partial charge is 0.306 e. The Morgan fingerprint density at radius 3 is 2.37 bits per heavy atom. The molecule has 7 nitrogen and oxygen atoms in total. The summed E-state index contributed by atoms with van der Waals surface area (Å²) in [5.41, 5.74) is 0. The molecular formula is C11H22N2O5S. The van der Waals surface area contributed by atoms with E-state index in [1.165, 1.54) is 11.4 Å². The van der Waals surface area contributed by atoms with Crippen LogP contribution in [-0.4, -0.2) is 56.6 Å². The second-order valence-electron chi connectivity index (χ2n) is 4.62. The zero-order chi connectivity index (χ0) is 14.3. The van der Waals surface area contributed by atoms with Crippen molar-refractivity contribution in [2.45, 2.75) is 38.2 Å². The average Bonchev–Trinajstić information content (AvgIpc) is 2.63. The largest absolute Gasteiger partial charge is 0.481 e. The third kappa shape index (κ3) is 5.85. The summed E-state index contributed by atoms with van der Waals surface area (Å²) in [7, 11) is -2.17. The minimum Gasteiger partial charge on any atom is -0.481 e. The fraction of sp³-hybridized carbons (Fsp3) is 0.909. The summed E-state index contributed by atoms with van der Waals surface area (Å²) in [6, 6.07) is 0. The summed E-state index contributed by atoms with van der Waals surface area (Å²) in [5, 5.41) is 8.66. The van der Waals surface area contributed by atoms with Crippen molar-refractivity contribution in [3.8, 4) is 0 Å². The van der Waals surface area contributed by atoms with Crippen LogP contribution >= 0.6 is 0 Å². The number of methoxy groups -OCH3 is 1. The molecule has 112 valence electrons. The molecule has 0 saturated carbocycles. The van der Waals surface area contributed by atoms with Crippen LogP contribution in [0, 0.1) is 0 Å². The number of nitrogens with one attached hydrogen (secondary N) is 1. The zero-order valence-corrected chi connectivity index (χ0v) is 12.0. The summed E-state index contributed by atoms with van der Waals surface area (Å²) in [4.78, 5) is 10.6. The van der Waals surface area contributed by atoms with E-state index in [4.69, 9.17) is 9.84 Å². The number of rotatable bonds is 7. The lowest BCUT2D eigenvalue weighted by atomic mass is 10.2. The van der Waals surface area contributed by atoms with Gasteiger partial charge in [-0.3, -0.25) is 4.79 Å². The van der Waals surface area contributed by atoms with Gasteiger partial charge in [-0.1, -0.05) is 12.8 Å². The Kier molecular flexibility index (Phi) is 6.70. The van der Waals surface area contributed by atoms with Crippen molar-refractivity contribution in [3.63, 3.8) is 0 Å². The van der Waals surface area contributed by atoms with E-state index < -0.39 is 22.3 Å². The molecule has 1 aliphatic rings. The normalized spacial score (nSPS) is 19.8. The van der Waals surface area contributed by atoms with Crippen LogP contribution in [0.4, 0.5) is 0 Å². The first-order valence-electron chi connectivity index (χ1n) is 6.45. The molecule has 1 atom stereocenters. The van der Waals surface area contributed by atoms with Crippen molar-refractivity contribution >= 4 is 16.2 Å². The van der Waals surface area contributed by atoms with Gasteiger partial charge in [0.25, 0.3) is 10.2 Å². The first kappa shape index (κ1) is 16.4. The van der Waals surface area contributed by atoms with E-state index in [0.29, 0.717) is 13.1 Å². The lowest BCUT2D eigenvalue weighted by Crippen LogP contribution is -2.44. The van der Waals surface area contributed by atoms with E-state index in [-0.39, 0.29) is 13.0 Å². The van der Waals surface area contributed by atoms with Gasteiger partial charge in [0.15, 0.2) is 0 Å². The molecule has 2 N–H and O–H groups in total. The Hall–Kier alpha value is -0.700. The Morgan fingerprint density at radius 1 is 1.32 bits per heavy atom. The van der Waals surface area contributed by atoms with Crippen molar-refractivity contribution in [2.75, 3.05) is 26.7 Å². The average molecular weight is 294 g/mol. The topological polar surface area (TPSA) is 95.9 Å². The van der Waals surface area contributed by atoms with E-state index in [1.807, 2.05) is 0 Å². The molecule has 0 aromatic rings. The first-order chi connectivity index (χ1) is 8.95. The molecule has 1 unspecified atom stereocenters. The van der Waals surface area contributed by atoms with Gasteiger partial charge in [0.2, 0.25) is 0 Å². The third-order valence-corrected chi connectivity index (χ3v) is 4.71. The molecule has 0 spiro atoms. The first-order valence-corrected chi connectivity index (χ1v) is 7.89. The number of carboxylic acids is 1. The van der Waals surface area contributed by atoms with Crippen LogP contribution in [0.15, 0.2) is 0 Å². The Balaban J connectivity index is 2.50. The predicted octanol–water partition coefficient (Wildman–Crippen LogP) is 0.187. The second kappa shape index (κ2) is 7.78. The molecule has 0 aromatic carbocycles. The maximum atomic E-state index is 12.1. The number of carboxylic acid groups (broad SMARTS) is 1.